The van der Waals surface area contributed by atoms with Crippen molar-refractivity contribution in [3.05, 3.63) is 95.6 Å². The summed E-state index contributed by atoms with van der Waals surface area (Å²) in [5, 5.41) is 5.86. The van der Waals surface area contributed by atoms with Crippen LogP contribution in [0.2, 0.25) is 0 Å². The minimum atomic E-state index is -0.601. The number of aryl methyl sites for hydroxylation is 1. The zero-order valence-corrected chi connectivity index (χ0v) is 18.1. The zero-order valence-electron chi connectivity index (χ0n) is 18.1. The van der Waals surface area contributed by atoms with Crippen LogP contribution in [0.1, 0.15) is 47.8 Å². The van der Waals surface area contributed by atoms with Gasteiger partial charge in [-0.3, -0.25) is 9.59 Å². The maximum Gasteiger partial charge on any atom is 0.265 e. The number of para-hydroxylation sites is 1. The van der Waals surface area contributed by atoms with Crippen LogP contribution in [0, 0.1) is 6.92 Å². The Balaban J connectivity index is 1.59. The van der Waals surface area contributed by atoms with Crippen molar-refractivity contribution in [1.29, 1.82) is 0 Å². The second-order valence-corrected chi connectivity index (χ2v) is 7.45. The Morgan fingerprint density at radius 2 is 1.55 bits per heavy atom. The molecule has 3 aromatic rings. The molecule has 0 aliphatic carbocycles. The summed E-state index contributed by atoms with van der Waals surface area (Å²) >= 11 is 0. The predicted molar refractivity (Wildman–Crippen MR) is 123 cm³/mol. The number of ether oxygens (including phenoxy) is 1. The molecule has 3 aromatic carbocycles. The standard InChI is InChI=1S/C26H28N2O3/c1-4-23(31-24-13-9-8-10-18(24)2)26(30)28-22-16-14-21(15-17-22)25(29)27-19(3)20-11-6-5-7-12-20/h5-17,19,23H,4H2,1-3H3,(H,27,29)(H,28,30). The van der Waals surface area contributed by atoms with Crippen molar-refractivity contribution in [3.63, 3.8) is 0 Å². The average Bonchev–Trinajstić information content (AvgIpc) is 2.79. The summed E-state index contributed by atoms with van der Waals surface area (Å²) in [6, 6.07) is 24.2. The lowest BCUT2D eigenvalue weighted by molar-refractivity contribution is -0.122. The van der Waals surface area contributed by atoms with Gasteiger partial charge in [-0.1, -0.05) is 55.5 Å². The molecule has 0 spiro atoms. The Bertz CT molecular complexity index is 1020. The summed E-state index contributed by atoms with van der Waals surface area (Å²) < 4.78 is 5.90. The molecule has 0 saturated carbocycles. The molecular weight excluding hydrogens is 388 g/mol. The SMILES string of the molecule is CCC(Oc1ccccc1C)C(=O)Nc1ccc(C(=O)NC(C)c2ccccc2)cc1. The summed E-state index contributed by atoms with van der Waals surface area (Å²) in [5.74, 6) is 0.313. The highest BCUT2D eigenvalue weighted by atomic mass is 16.5. The first kappa shape index (κ1) is 22.1. The third kappa shape index (κ3) is 5.95. The molecule has 0 radical (unpaired) electrons. The zero-order chi connectivity index (χ0) is 22.2. The quantitative estimate of drug-likeness (QED) is 0.525. The first-order chi connectivity index (χ1) is 15.0. The molecule has 0 fully saturated rings. The molecular formula is C26H28N2O3. The van der Waals surface area contributed by atoms with E-state index in [9.17, 15) is 9.59 Å². The van der Waals surface area contributed by atoms with Crippen LogP contribution in [-0.2, 0) is 4.79 Å². The highest BCUT2D eigenvalue weighted by molar-refractivity contribution is 5.97. The van der Waals surface area contributed by atoms with Crippen LogP contribution in [0.4, 0.5) is 5.69 Å². The van der Waals surface area contributed by atoms with Gasteiger partial charge in [0.05, 0.1) is 6.04 Å². The number of carbonyl (C=O) groups is 2. The lowest BCUT2D eigenvalue weighted by atomic mass is 10.1. The van der Waals surface area contributed by atoms with Crippen LogP contribution in [0.3, 0.4) is 0 Å². The van der Waals surface area contributed by atoms with E-state index < -0.39 is 6.10 Å². The molecule has 0 aromatic heterocycles. The van der Waals surface area contributed by atoms with Gasteiger partial charge in [0.25, 0.3) is 11.8 Å². The van der Waals surface area contributed by atoms with Crippen LogP contribution in [0.25, 0.3) is 0 Å². The molecule has 0 heterocycles. The van der Waals surface area contributed by atoms with Crippen LogP contribution in [0.5, 0.6) is 5.75 Å². The lowest BCUT2D eigenvalue weighted by Crippen LogP contribution is -2.32. The maximum absolute atomic E-state index is 12.7. The summed E-state index contributed by atoms with van der Waals surface area (Å²) in [4.78, 5) is 25.2. The molecule has 0 aliphatic heterocycles. The first-order valence-corrected chi connectivity index (χ1v) is 10.5. The molecule has 5 heteroatoms. The van der Waals surface area contributed by atoms with Crippen molar-refractivity contribution in [2.24, 2.45) is 0 Å². The third-order valence-corrected chi connectivity index (χ3v) is 5.09. The number of nitrogens with one attached hydrogen (secondary N) is 2. The average molecular weight is 417 g/mol. The monoisotopic (exact) mass is 416 g/mol. The van der Waals surface area contributed by atoms with Gasteiger partial charge in [-0.25, -0.2) is 0 Å². The fourth-order valence-electron chi connectivity index (χ4n) is 3.20. The van der Waals surface area contributed by atoms with Gasteiger partial charge in [-0.05, 0) is 61.7 Å². The largest absolute Gasteiger partial charge is 0.480 e. The molecule has 2 amide bonds. The second-order valence-electron chi connectivity index (χ2n) is 7.45. The number of rotatable bonds is 8. The molecule has 160 valence electrons. The first-order valence-electron chi connectivity index (χ1n) is 10.5. The number of carbonyl (C=O) groups excluding carboxylic acids is 2. The Hall–Kier alpha value is -3.60. The lowest BCUT2D eigenvalue weighted by Gasteiger charge is -2.18. The van der Waals surface area contributed by atoms with E-state index in [4.69, 9.17) is 4.74 Å². The smallest absolute Gasteiger partial charge is 0.265 e. The van der Waals surface area contributed by atoms with E-state index in [2.05, 4.69) is 10.6 Å². The molecule has 0 bridgehead atoms. The molecule has 2 atom stereocenters. The molecule has 31 heavy (non-hydrogen) atoms. The van der Waals surface area contributed by atoms with Gasteiger partial charge in [0.2, 0.25) is 0 Å². The molecule has 3 rings (SSSR count). The van der Waals surface area contributed by atoms with Gasteiger partial charge < -0.3 is 15.4 Å². The van der Waals surface area contributed by atoms with E-state index in [0.717, 1.165) is 11.1 Å². The summed E-state index contributed by atoms with van der Waals surface area (Å²) in [5.41, 5.74) is 3.17. The summed E-state index contributed by atoms with van der Waals surface area (Å²) in [6.45, 7) is 5.80. The normalized spacial score (nSPS) is 12.5. The number of hydrogen-bond donors (Lipinski definition) is 2. The van der Waals surface area contributed by atoms with E-state index in [-0.39, 0.29) is 17.9 Å². The number of amides is 2. The van der Waals surface area contributed by atoms with Crippen LogP contribution in [-0.4, -0.2) is 17.9 Å². The highest BCUT2D eigenvalue weighted by Crippen LogP contribution is 2.20. The summed E-state index contributed by atoms with van der Waals surface area (Å²) in [6.07, 6.45) is -0.0614. The number of anilines is 1. The van der Waals surface area contributed by atoms with Gasteiger partial charge in [0.15, 0.2) is 6.10 Å². The third-order valence-electron chi connectivity index (χ3n) is 5.09. The maximum atomic E-state index is 12.7. The molecule has 2 N–H and O–H groups in total. The van der Waals surface area contributed by atoms with Crippen molar-refractivity contribution < 1.29 is 14.3 Å². The van der Waals surface area contributed by atoms with Crippen molar-refractivity contribution >= 4 is 17.5 Å². The summed E-state index contributed by atoms with van der Waals surface area (Å²) in [7, 11) is 0. The van der Waals surface area contributed by atoms with Crippen molar-refractivity contribution in [2.75, 3.05) is 5.32 Å². The van der Waals surface area contributed by atoms with Gasteiger partial charge >= 0.3 is 0 Å². The number of hydrogen-bond acceptors (Lipinski definition) is 3. The highest BCUT2D eigenvalue weighted by Gasteiger charge is 2.19. The van der Waals surface area contributed by atoms with Crippen LogP contribution in [0.15, 0.2) is 78.9 Å². The Kier molecular flexibility index (Phi) is 7.44. The van der Waals surface area contributed by atoms with E-state index >= 15 is 0 Å². The van der Waals surface area contributed by atoms with E-state index in [1.165, 1.54) is 0 Å². The van der Waals surface area contributed by atoms with E-state index in [1.807, 2.05) is 75.4 Å². The van der Waals surface area contributed by atoms with Gasteiger partial charge in [-0.15, -0.1) is 0 Å². The predicted octanol–water partition coefficient (Wildman–Crippen LogP) is 5.28. The number of benzene rings is 3. The van der Waals surface area contributed by atoms with Gasteiger partial charge in [0.1, 0.15) is 5.75 Å². The molecule has 2 unspecified atom stereocenters. The van der Waals surface area contributed by atoms with Crippen molar-refractivity contribution in [2.45, 2.75) is 39.3 Å². The second kappa shape index (κ2) is 10.4. The fourth-order valence-corrected chi connectivity index (χ4v) is 3.20. The van der Waals surface area contributed by atoms with Crippen LogP contribution < -0.4 is 15.4 Å². The Morgan fingerprint density at radius 1 is 0.903 bits per heavy atom. The minimum absolute atomic E-state index is 0.100. The molecule has 0 aliphatic rings. The van der Waals surface area contributed by atoms with Gasteiger partial charge in [-0.2, -0.15) is 0 Å². The minimum Gasteiger partial charge on any atom is -0.480 e. The Morgan fingerprint density at radius 3 is 2.19 bits per heavy atom. The van der Waals surface area contributed by atoms with E-state index in [1.54, 1.807) is 24.3 Å². The molecule has 0 saturated heterocycles. The Labute approximate surface area is 183 Å². The van der Waals surface area contributed by atoms with Crippen LogP contribution >= 0.6 is 0 Å². The fraction of sp³-hybridized carbons (Fsp3) is 0.231. The van der Waals surface area contributed by atoms with Gasteiger partial charge in [0, 0.05) is 11.3 Å². The molecule has 5 nitrogen and oxygen atoms in total. The van der Waals surface area contributed by atoms with Crippen molar-refractivity contribution in [3.8, 4) is 5.75 Å². The van der Waals surface area contributed by atoms with E-state index in [0.29, 0.717) is 23.4 Å². The topological polar surface area (TPSA) is 67.4 Å². The van der Waals surface area contributed by atoms with Crippen molar-refractivity contribution in [1.82, 2.24) is 5.32 Å².